The predicted octanol–water partition coefficient (Wildman–Crippen LogP) is 6.58. The molecule has 10 heteroatoms. The van der Waals surface area contributed by atoms with Crippen LogP contribution in [-0.2, 0) is 32.6 Å². The van der Waals surface area contributed by atoms with Gasteiger partial charge in [0.15, 0.2) is 0 Å². The number of nitrogens with one attached hydrogen (secondary N) is 1. The highest BCUT2D eigenvalue weighted by atomic mass is 35.5. The summed E-state index contributed by atoms with van der Waals surface area (Å²) in [6.45, 7) is 5.42. The monoisotopic (exact) mass is 651 g/mol. The molecule has 4 aromatic rings. The van der Waals surface area contributed by atoms with Gasteiger partial charge in [0.2, 0.25) is 11.8 Å². The number of sulfonamides is 1. The number of aryl methyl sites for hydroxylation is 2. The van der Waals surface area contributed by atoms with Crippen molar-refractivity contribution >= 4 is 50.7 Å². The molecule has 0 spiro atoms. The summed E-state index contributed by atoms with van der Waals surface area (Å²) >= 11 is 12.9. The van der Waals surface area contributed by atoms with E-state index < -0.39 is 28.5 Å². The van der Waals surface area contributed by atoms with Crippen molar-refractivity contribution in [2.75, 3.05) is 17.4 Å². The molecule has 0 saturated carbocycles. The zero-order valence-electron chi connectivity index (χ0n) is 24.8. The van der Waals surface area contributed by atoms with Crippen LogP contribution in [0.25, 0.3) is 0 Å². The predicted molar refractivity (Wildman–Crippen MR) is 177 cm³/mol. The van der Waals surface area contributed by atoms with Crippen LogP contribution in [-0.4, -0.2) is 44.3 Å². The van der Waals surface area contributed by atoms with E-state index in [1.807, 2.05) is 68.4 Å². The van der Waals surface area contributed by atoms with Crippen LogP contribution in [0.15, 0.2) is 102 Å². The average molecular weight is 653 g/mol. The van der Waals surface area contributed by atoms with Gasteiger partial charge in [-0.15, -0.1) is 0 Å². The minimum absolute atomic E-state index is 0.00699. The summed E-state index contributed by atoms with van der Waals surface area (Å²) in [7, 11) is -4.29. The fourth-order valence-electron chi connectivity index (χ4n) is 4.89. The molecule has 7 nitrogen and oxygen atoms in total. The van der Waals surface area contributed by atoms with Crippen molar-refractivity contribution in [2.24, 2.45) is 0 Å². The summed E-state index contributed by atoms with van der Waals surface area (Å²) in [5.41, 5.74) is 3.58. The largest absolute Gasteiger partial charge is 0.355 e. The number of benzene rings is 4. The maximum atomic E-state index is 14.4. The van der Waals surface area contributed by atoms with Gasteiger partial charge in [0.25, 0.3) is 10.0 Å². The summed E-state index contributed by atoms with van der Waals surface area (Å²) in [6, 6.07) is 27.1. The number of carbonyl (C=O) groups excluding carboxylic acids is 2. The Morgan fingerprint density at radius 1 is 0.818 bits per heavy atom. The zero-order valence-corrected chi connectivity index (χ0v) is 27.2. The third-order valence-electron chi connectivity index (χ3n) is 7.15. The van der Waals surface area contributed by atoms with Gasteiger partial charge in [0, 0.05) is 19.5 Å². The topological polar surface area (TPSA) is 86.8 Å². The van der Waals surface area contributed by atoms with Crippen molar-refractivity contribution < 1.29 is 18.0 Å². The molecule has 230 valence electrons. The van der Waals surface area contributed by atoms with Gasteiger partial charge in [-0.05, 0) is 56.2 Å². The van der Waals surface area contributed by atoms with Gasteiger partial charge in [-0.1, -0.05) is 107 Å². The second-order valence-electron chi connectivity index (χ2n) is 10.5. The molecule has 2 amide bonds. The van der Waals surface area contributed by atoms with Gasteiger partial charge in [-0.25, -0.2) is 8.42 Å². The number of halogens is 2. The van der Waals surface area contributed by atoms with E-state index >= 15 is 0 Å². The second kappa shape index (κ2) is 14.8. The number of rotatable bonds is 12. The fourth-order valence-corrected chi connectivity index (χ4v) is 6.76. The van der Waals surface area contributed by atoms with Crippen LogP contribution in [0.4, 0.5) is 5.69 Å². The first-order chi connectivity index (χ1) is 21.0. The van der Waals surface area contributed by atoms with Crippen LogP contribution < -0.4 is 9.62 Å². The Bertz CT molecular complexity index is 1710. The summed E-state index contributed by atoms with van der Waals surface area (Å²) in [4.78, 5) is 29.5. The highest BCUT2D eigenvalue weighted by molar-refractivity contribution is 7.92. The first-order valence-electron chi connectivity index (χ1n) is 14.2. The van der Waals surface area contributed by atoms with Crippen LogP contribution in [0.1, 0.15) is 29.2 Å². The zero-order chi connectivity index (χ0) is 31.9. The summed E-state index contributed by atoms with van der Waals surface area (Å²) in [5.74, 6) is -0.920. The Balaban J connectivity index is 1.83. The van der Waals surface area contributed by atoms with Crippen LogP contribution in [0.5, 0.6) is 0 Å². The highest BCUT2D eigenvalue weighted by Gasteiger charge is 2.35. The maximum absolute atomic E-state index is 14.4. The van der Waals surface area contributed by atoms with Crippen molar-refractivity contribution in [2.45, 2.75) is 44.7 Å². The van der Waals surface area contributed by atoms with Crippen molar-refractivity contribution in [3.05, 3.63) is 129 Å². The Morgan fingerprint density at radius 3 is 2.14 bits per heavy atom. The lowest BCUT2D eigenvalue weighted by Gasteiger charge is -2.34. The molecular formula is C34H35Cl2N3O4S. The molecular weight excluding hydrogens is 617 g/mol. The second-order valence-corrected chi connectivity index (χ2v) is 13.2. The molecule has 4 aromatic carbocycles. The highest BCUT2D eigenvalue weighted by Crippen LogP contribution is 2.35. The number of carbonyl (C=O) groups is 2. The minimum atomic E-state index is -4.29. The molecule has 0 aliphatic heterocycles. The Hall–Kier alpha value is -3.85. The van der Waals surface area contributed by atoms with E-state index in [4.69, 9.17) is 23.2 Å². The third-order valence-corrected chi connectivity index (χ3v) is 9.73. The van der Waals surface area contributed by atoms with Gasteiger partial charge >= 0.3 is 0 Å². The maximum Gasteiger partial charge on any atom is 0.264 e. The van der Waals surface area contributed by atoms with Gasteiger partial charge in [-0.3, -0.25) is 13.9 Å². The van der Waals surface area contributed by atoms with E-state index in [2.05, 4.69) is 5.32 Å². The van der Waals surface area contributed by atoms with Gasteiger partial charge < -0.3 is 10.2 Å². The molecule has 0 saturated heterocycles. The summed E-state index contributed by atoms with van der Waals surface area (Å²) < 4.78 is 29.2. The first-order valence-corrected chi connectivity index (χ1v) is 16.4. The lowest BCUT2D eigenvalue weighted by molar-refractivity contribution is -0.140. The van der Waals surface area contributed by atoms with Crippen molar-refractivity contribution in [1.82, 2.24) is 10.2 Å². The number of likely N-dealkylation sites (N-methyl/N-ethyl adjacent to an activating group) is 1. The van der Waals surface area contributed by atoms with E-state index in [1.54, 1.807) is 31.2 Å². The van der Waals surface area contributed by atoms with Crippen molar-refractivity contribution in [3.8, 4) is 0 Å². The quantitative estimate of drug-likeness (QED) is 0.187. The Labute approximate surface area is 269 Å². The molecule has 0 aliphatic carbocycles. The molecule has 0 aromatic heterocycles. The third kappa shape index (κ3) is 8.00. The molecule has 4 rings (SSSR count). The van der Waals surface area contributed by atoms with E-state index in [0.29, 0.717) is 6.54 Å². The standard InChI is InChI=1S/C34H35Cl2N3O4S/c1-4-37-34(41)31(21-26-11-6-5-7-12-26)38(22-27-13-8-10-25(3)20-27)32(40)23-39(30-15-9-14-29(35)33(30)36)44(42,43)28-18-16-24(2)17-19-28/h5-20,31H,4,21-23H2,1-3H3,(H,37,41)/t31-/m1/s1. The molecule has 1 atom stereocenters. The smallest absolute Gasteiger partial charge is 0.264 e. The van der Waals surface area contributed by atoms with Crippen molar-refractivity contribution in [1.29, 1.82) is 0 Å². The van der Waals surface area contributed by atoms with Gasteiger partial charge in [-0.2, -0.15) is 0 Å². The van der Waals surface area contributed by atoms with E-state index in [1.165, 1.54) is 23.1 Å². The first kappa shape index (κ1) is 33.1. The molecule has 0 bridgehead atoms. The minimum Gasteiger partial charge on any atom is -0.355 e. The normalized spacial score (nSPS) is 11.9. The fraction of sp³-hybridized carbons (Fsp3) is 0.235. The number of hydrogen-bond acceptors (Lipinski definition) is 4. The molecule has 0 fully saturated rings. The number of nitrogens with zero attached hydrogens (tertiary/aromatic N) is 2. The number of hydrogen-bond donors (Lipinski definition) is 1. The van der Waals surface area contributed by atoms with Crippen molar-refractivity contribution in [3.63, 3.8) is 0 Å². The van der Waals surface area contributed by atoms with E-state index in [9.17, 15) is 18.0 Å². The molecule has 0 heterocycles. The van der Waals surface area contributed by atoms with Crippen LogP contribution in [0, 0.1) is 13.8 Å². The molecule has 44 heavy (non-hydrogen) atoms. The van der Waals surface area contributed by atoms with Crippen LogP contribution >= 0.6 is 23.2 Å². The molecule has 0 unspecified atom stereocenters. The number of amides is 2. The average Bonchev–Trinajstić information content (AvgIpc) is 3.00. The lowest BCUT2D eigenvalue weighted by Crippen LogP contribution is -2.53. The molecule has 1 N–H and O–H groups in total. The molecule has 0 radical (unpaired) electrons. The van der Waals surface area contributed by atoms with Gasteiger partial charge in [0.1, 0.15) is 12.6 Å². The Morgan fingerprint density at radius 2 is 1.48 bits per heavy atom. The SMILES string of the molecule is CCNC(=O)[C@@H](Cc1ccccc1)N(Cc1cccc(C)c1)C(=O)CN(c1cccc(Cl)c1Cl)S(=O)(=O)c1ccc(C)cc1. The number of anilines is 1. The Kier molecular flexibility index (Phi) is 11.1. The van der Waals surface area contributed by atoms with Crippen LogP contribution in [0.2, 0.25) is 10.0 Å². The summed E-state index contributed by atoms with van der Waals surface area (Å²) in [6.07, 6.45) is 0.229. The van der Waals surface area contributed by atoms with E-state index in [0.717, 1.165) is 26.6 Å². The molecule has 0 aliphatic rings. The summed E-state index contributed by atoms with van der Waals surface area (Å²) in [5, 5.41) is 2.99. The van der Waals surface area contributed by atoms with Gasteiger partial charge in [0.05, 0.1) is 20.6 Å². The lowest BCUT2D eigenvalue weighted by atomic mass is 10.0. The van der Waals surface area contributed by atoms with E-state index in [-0.39, 0.29) is 39.5 Å². The van der Waals surface area contributed by atoms with Crippen LogP contribution in [0.3, 0.4) is 0 Å².